The van der Waals surface area contributed by atoms with Crippen molar-refractivity contribution in [2.24, 2.45) is 0 Å². The van der Waals surface area contributed by atoms with Crippen LogP contribution in [0.25, 0.3) is 10.1 Å². The van der Waals surface area contributed by atoms with Crippen molar-refractivity contribution in [2.45, 2.75) is 45.2 Å². The van der Waals surface area contributed by atoms with Gasteiger partial charge in [-0.25, -0.2) is 0 Å². The first-order valence-electron chi connectivity index (χ1n) is 12.6. The lowest BCUT2D eigenvalue weighted by Crippen LogP contribution is -2.28. The third-order valence-electron chi connectivity index (χ3n) is 6.34. The number of aromatic hydroxyl groups is 1. The van der Waals surface area contributed by atoms with E-state index in [-0.39, 0.29) is 62.1 Å². The number of benzene rings is 2. The van der Waals surface area contributed by atoms with Gasteiger partial charge in [-0.2, -0.15) is 0 Å². The van der Waals surface area contributed by atoms with E-state index in [4.69, 9.17) is 14.2 Å². The van der Waals surface area contributed by atoms with Gasteiger partial charge in [-0.05, 0) is 53.6 Å². The molecule has 0 saturated heterocycles. The summed E-state index contributed by atoms with van der Waals surface area (Å²) in [7, 11) is 1.52. The standard InChI is InChI=1S/C28H29NO10S/c1-37-22-10-17-14-29(26(32)4-6-28(35)36)15-18(17)11-23(22)39-8-2-7-38-21-9-16-12-25(19(30)3-5-27(33)34)40-24(16)13-20(21)31/h9-13,31H,2-8,14-15H2,1H3,(H,33,34)(H,35,36)/p-2. The SMILES string of the molecule is COc1cc2c(cc1OCCCOc1cc3cc(C(=O)CCC(=O)[O-])sc3cc1O)CN(C(=O)CCC(=O)[O-])C2. The number of amides is 1. The van der Waals surface area contributed by atoms with Crippen molar-refractivity contribution in [1.82, 2.24) is 4.90 Å². The molecule has 1 aliphatic rings. The van der Waals surface area contributed by atoms with E-state index in [1.54, 1.807) is 23.1 Å². The zero-order valence-electron chi connectivity index (χ0n) is 21.7. The number of thiophene rings is 1. The number of ketones is 1. The summed E-state index contributed by atoms with van der Waals surface area (Å²) in [6.45, 7) is 1.22. The van der Waals surface area contributed by atoms with Crippen LogP contribution in [0.2, 0.25) is 0 Å². The average molecular weight is 570 g/mol. The molecule has 0 saturated carbocycles. The van der Waals surface area contributed by atoms with Gasteiger partial charge in [0.15, 0.2) is 28.8 Å². The average Bonchev–Trinajstić information content (AvgIpc) is 3.53. The Labute approximate surface area is 233 Å². The van der Waals surface area contributed by atoms with E-state index in [1.165, 1.54) is 24.5 Å². The molecule has 0 atom stereocenters. The molecule has 0 radical (unpaired) electrons. The van der Waals surface area contributed by atoms with Crippen LogP contribution in [0.4, 0.5) is 0 Å². The van der Waals surface area contributed by atoms with Crippen LogP contribution in [0.15, 0.2) is 30.3 Å². The number of phenolic OH excluding ortho intramolecular Hbond substituents is 1. The van der Waals surface area contributed by atoms with Crippen LogP contribution in [-0.4, -0.2) is 54.0 Å². The van der Waals surface area contributed by atoms with Gasteiger partial charge in [0.05, 0.1) is 25.2 Å². The molecule has 1 amide bonds. The number of carboxylic acid groups (broad SMARTS) is 2. The molecule has 12 heteroatoms. The number of carbonyl (C=O) groups excluding carboxylic acids is 4. The normalized spacial score (nSPS) is 12.3. The van der Waals surface area contributed by atoms with Crippen molar-refractivity contribution in [3.05, 3.63) is 46.3 Å². The second-order valence-electron chi connectivity index (χ2n) is 9.21. The summed E-state index contributed by atoms with van der Waals surface area (Å²) in [6.07, 6.45) is -0.465. The Hall–Kier alpha value is -4.32. The highest BCUT2D eigenvalue weighted by molar-refractivity contribution is 7.20. The van der Waals surface area contributed by atoms with E-state index in [0.717, 1.165) is 11.1 Å². The maximum atomic E-state index is 12.3. The number of phenols is 1. The minimum absolute atomic E-state index is 0.0805. The van der Waals surface area contributed by atoms with Crippen LogP contribution < -0.4 is 24.4 Å². The zero-order valence-corrected chi connectivity index (χ0v) is 22.5. The molecule has 1 N–H and O–H groups in total. The van der Waals surface area contributed by atoms with Crippen molar-refractivity contribution in [3.8, 4) is 23.0 Å². The Morgan fingerprint density at radius 2 is 1.48 bits per heavy atom. The third kappa shape index (κ3) is 7.00. The van der Waals surface area contributed by atoms with E-state index in [0.29, 0.717) is 46.0 Å². The second kappa shape index (κ2) is 12.7. The summed E-state index contributed by atoms with van der Waals surface area (Å²) < 4.78 is 17.7. The molecule has 2 heterocycles. The lowest BCUT2D eigenvalue weighted by molar-refractivity contribution is -0.307. The molecule has 1 aromatic heterocycles. The number of aliphatic carboxylic acids is 2. The molecule has 11 nitrogen and oxygen atoms in total. The maximum Gasteiger partial charge on any atom is 0.223 e. The predicted molar refractivity (Wildman–Crippen MR) is 139 cm³/mol. The molecular formula is C28H27NO10S-2. The van der Waals surface area contributed by atoms with Crippen LogP contribution >= 0.6 is 11.3 Å². The lowest BCUT2D eigenvalue weighted by Gasteiger charge is -2.15. The molecule has 212 valence electrons. The Bertz CT molecular complexity index is 1450. The highest BCUT2D eigenvalue weighted by Crippen LogP contribution is 2.37. The van der Waals surface area contributed by atoms with Crippen molar-refractivity contribution < 1.29 is 48.7 Å². The van der Waals surface area contributed by atoms with E-state index < -0.39 is 11.9 Å². The van der Waals surface area contributed by atoms with Gasteiger partial charge >= 0.3 is 0 Å². The van der Waals surface area contributed by atoms with Gasteiger partial charge in [0.1, 0.15) is 0 Å². The summed E-state index contributed by atoms with van der Waals surface area (Å²) in [6, 6.07) is 8.39. The van der Waals surface area contributed by atoms with Crippen molar-refractivity contribution in [2.75, 3.05) is 20.3 Å². The van der Waals surface area contributed by atoms with Crippen LogP contribution in [0.1, 0.15) is 52.9 Å². The van der Waals surface area contributed by atoms with Gasteiger partial charge < -0.3 is 44.0 Å². The summed E-state index contributed by atoms with van der Waals surface area (Å²) in [4.78, 5) is 47.8. The number of nitrogens with zero attached hydrogens (tertiary/aromatic N) is 1. The van der Waals surface area contributed by atoms with Gasteiger partial charge in [-0.1, -0.05) is 0 Å². The number of carbonyl (C=O) groups is 4. The third-order valence-corrected chi connectivity index (χ3v) is 7.48. The summed E-state index contributed by atoms with van der Waals surface area (Å²) >= 11 is 1.17. The molecule has 0 unspecified atom stereocenters. The largest absolute Gasteiger partial charge is 0.550 e. The monoisotopic (exact) mass is 569 g/mol. The number of methoxy groups -OCH3 is 1. The van der Waals surface area contributed by atoms with Crippen molar-refractivity contribution in [3.63, 3.8) is 0 Å². The Balaban J connectivity index is 1.30. The van der Waals surface area contributed by atoms with Gasteiger partial charge in [0.25, 0.3) is 0 Å². The van der Waals surface area contributed by atoms with Gasteiger partial charge in [-0.15, -0.1) is 11.3 Å². The fourth-order valence-corrected chi connectivity index (χ4v) is 5.34. The van der Waals surface area contributed by atoms with Crippen LogP contribution in [0.3, 0.4) is 0 Å². The topological polar surface area (TPSA) is 166 Å². The molecular weight excluding hydrogens is 542 g/mol. The number of rotatable bonds is 14. The number of hydrogen-bond donors (Lipinski definition) is 1. The van der Waals surface area contributed by atoms with Gasteiger partial charge in [0, 0.05) is 55.1 Å². The molecule has 0 fully saturated rings. The van der Waals surface area contributed by atoms with E-state index >= 15 is 0 Å². The molecule has 0 aliphatic carbocycles. The molecule has 4 rings (SSSR count). The number of hydrogen-bond acceptors (Lipinski definition) is 11. The fourth-order valence-electron chi connectivity index (χ4n) is 4.29. The van der Waals surface area contributed by atoms with E-state index in [1.807, 2.05) is 6.07 Å². The predicted octanol–water partition coefficient (Wildman–Crippen LogP) is 1.55. The number of ether oxygens (including phenoxy) is 3. The molecule has 1 aliphatic heterocycles. The van der Waals surface area contributed by atoms with E-state index in [2.05, 4.69) is 0 Å². The molecule has 2 aromatic carbocycles. The molecule has 0 spiro atoms. The van der Waals surface area contributed by atoms with Gasteiger partial charge in [-0.3, -0.25) is 9.59 Å². The van der Waals surface area contributed by atoms with Crippen molar-refractivity contribution >= 4 is 45.1 Å². The molecule has 3 aromatic rings. The first-order valence-corrected chi connectivity index (χ1v) is 13.4. The van der Waals surface area contributed by atoms with Crippen LogP contribution in [0, 0.1) is 0 Å². The summed E-state index contributed by atoms with van der Waals surface area (Å²) in [5.74, 6) is -1.93. The summed E-state index contributed by atoms with van der Waals surface area (Å²) in [5, 5.41) is 32.3. The highest BCUT2D eigenvalue weighted by atomic mass is 32.1. The summed E-state index contributed by atoms with van der Waals surface area (Å²) in [5.41, 5.74) is 1.79. The lowest BCUT2D eigenvalue weighted by atomic mass is 10.1. The number of fused-ring (bicyclic) bond motifs is 2. The Morgan fingerprint density at radius 1 is 0.850 bits per heavy atom. The van der Waals surface area contributed by atoms with Crippen LogP contribution in [-0.2, 0) is 27.5 Å². The van der Waals surface area contributed by atoms with Crippen LogP contribution in [0.5, 0.6) is 23.0 Å². The Morgan fingerprint density at radius 3 is 2.12 bits per heavy atom. The zero-order chi connectivity index (χ0) is 28.8. The second-order valence-corrected chi connectivity index (χ2v) is 10.3. The highest BCUT2D eigenvalue weighted by Gasteiger charge is 2.25. The quantitative estimate of drug-likeness (QED) is 0.222. The van der Waals surface area contributed by atoms with Crippen molar-refractivity contribution in [1.29, 1.82) is 0 Å². The van der Waals surface area contributed by atoms with E-state index in [9.17, 15) is 34.5 Å². The number of Topliss-reactive ketones (excluding diaryl/α,β-unsaturated/α-hetero) is 1. The number of carboxylic acids is 2. The minimum Gasteiger partial charge on any atom is -0.550 e. The molecule has 40 heavy (non-hydrogen) atoms. The minimum atomic E-state index is -1.28. The smallest absolute Gasteiger partial charge is 0.223 e. The molecule has 0 bridgehead atoms. The maximum absolute atomic E-state index is 12.3. The van der Waals surface area contributed by atoms with Gasteiger partial charge in [0.2, 0.25) is 5.91 Å². The first kappa shape index (κ1) is 28.7. The fraction of sp³-hybridized carbons (Fsp3) is 0.357. The Kier molecular flexibility index (Phi) is 9.10. The first-order chi connectivity index (χ1) is 19.1.